The lowest BCUT2D eigenvalue weighted by Gasteiger charge is -2.32. The number of benzene rings is 1. The molecule has 1 aromatic rings. The van der Waals surface area contributed by atoms with E-state index in [0.717, 1.165) is 30.5 Å². The molecule has 20 heavy (non-hydrogen) atoms. The fraction of sp³-hybridized carbons (Fsp3) is 0.625. The van der Waals surface area contributed by atoms with E-state index in [1.165, 1.54) is 12.8 Å². The first-order valence-electron chi connectivity index (χ1n) is 7.34. The van der Waals surface area contributed by atoms with Gasteiger partial charge < -0.3 is 19.5 Å². The van der Waals surface area contributed by atoms with Crippen molar-refractivity contribution < 1.29 is 14.6 Å². The van der Waals surface area contributed by atoms with E-state index in [1.807, 2.05) is 24.3 Å². The summed E-state index contributed by atoms with van der Waals surface area (Å²) in [5.74, 6) is 2.30. The third-order valence-electron chi connectivity index (χ3n) is 3.71. The van der Waals surface area contributed by atoms with Crippen LogP contribution in [0.1, 0.15) is 19.8 Å². The van der Waals surface area contributed by atoms with Crippen LogP contribution in [0.2, 0.25) is 0 Å². The zero-order valence-electron chi connectivity index (χ0n) is 12.4. The lowest BCUT2D eigenvalue weighted by Crippen LogP contribution is -2.41. The third kappa shape index (κ3) is 4.69. The molecular weight excluding hydrogens is 254 g/mol. The van der Waals surface area contributed by atoms with Crippen molar-refractivity contribution in [1.82, 2.24) is 4.90 Å². The standard InChI is InChI=1S/C16H25NO3/c1-13-4-3-9-17(10-13)11-14(18)12-20-16-7-5-15(19-2)6-8-16/h5-8,13-14,18H,3-4,9-12H2,1-2H3/t13-,14-/m0/s1. The molecule has 0 saturated carbocycles. The first-order chi connectivity index (χ1) is 9.67. The maximum Gasteiger partial charge on any atom is 0.119 e. The van der Waals surface area contributed by atoms with Crippen LogP contribution in [-0.2, 0) is 0 Å². The van der Waals surface area contributed by atoms with Gasteiger partial charge in [-0.15, -0.1) is 0 Å². The van der Waals surface area contributed by atoms with Gasteiger partial charge in [-0.3, -0.25) is 0 Å². The van der Waals surface area contributed by atoms with E-state index in [1.54, 1.807) is 7.11 Å². The number of piperidine rings is 1. The van der Waals surface area contributed by atoms with Gasteiger partial charge in [0.05, 0.1) is 7.11 Å². The normalized spacial score (nSPS) is 21.4. The van der Waals surface area contributed by atoms with Crippen molar-refractivity contribution >= 4 is 0 Å². The molecule has 1 aliphatic heterocycles. The Morgan fingerprint density at radius 3 is 2.65 bits per heavy atom. The molecule has 1 saturated heterocycles. The largest absolute Gasteiger partial charge is 0.497 e. The van der Waals surface area contributed by atoms with Gasteiger partial charge in [0.1, 0.15) is 24.2 Å². The zero-order chi connectivity index (χ0) is 14.4. The summed E-state index contributed by atoms with van der Waals surface area (Å²) in [5.41, 5.74) is 0. The molecule has 0 bridgehead atoms. The summed E-state index contributed by atoms with van der Waals surface area (Å²) >= 11 is 0. The molecule has 112 valence electrons. The Labute approximate surface area is 121 Å². The fourth-order valence-corrected chi connectivity index (χ4v) is 2.67. The van der Waals surface area contributed by atoms with Crippen LogP contribution >= 0.6 is 0 Å². The summed E-state index contributed by atoms with van der Waals surface area (Å²) in [6, 6.07) is 7.42. The molecule has 2 atom stereocenters. The number of methoxy groups -OCH3 is 1. The third-order valence-corrected chi connectivity index (χ3v) is 3.71. The van der Waals surface area contributed by atoms with Gasteiger partial charge in [0.15, 0.2) is 0 Å². The number of rotatable bonds is 6. The molecule has 4 heteroatoms. The van der Waals surface area contributed by atoms with Gasteiger partial charge in [-0.05, 0) is 49.6 Å². The van der Waals surface area contributed by atoms with E-state index in [2.05, 4.69) is 11.8 Å². The molecule has 0 aliphatic carbocycles. The molecule has 1 aromatic carbocycles. The fourth-order valence-electron chi connectivity index (χ4n) is 2.67. The van der Waals surface area contributed by atoms with E-state index in [-0.39, 0.29) is 0 Å². The highest BCUT2D eigenvalue weighted by atomic mass is 16.5. The molecule has 2 rings (SSSR count). The maximum absolute atomic E-state index is 10.1. The highest BCUT2D eigenvalue weighted by Crippen LogP contribution is 2.18. The summed E-state index contributed by atoms with van der Waals surface area (Å²) in [4.78, 5) is 2.33. The van der Waals surface area contributed by atoms with Crippen molar-refractivity contribution in [2.45, 2.75) is 25.9 Å². The Hall–Kier alpha value is -1.26. The molecule has 0 aromatic heterocycles. The summed E-state index contributed by atoms with van der Waals surface area (Å²) < 4.78 is 10.7. The van der Waals surface area contributed by atoms with Crippen molar-refractivity contribution in [2.75, 3.05) is 33.4 Å². The van der Waals surface area contributed by atoms with Crippen molar-refractivity contribution in [1.29, 1.82) is 0 Å². The molecule has 0 amide bonds. The van der Waals surface area contributed by atoms with E-state index < -0.39 is 6.10 Å². The highest BCUT2D eigenvalue weighted by molar-refractivity contribution is 5.31. The van der Waals surface area contributed by atoms with Crippen molar-refractivity contribution in [3.63, 3.8) is 0 Å². The monoisotopic (exact) mass is 279 g/mol. The van der Waals surface area contributed by atoms with Crippen LogP contribution in [0, 0.1) is 5.92 Å². The number of likely N-dealkylation sites (tertiary alicyclic amines) is 1. The van der Waals surface area contributed by atoms with E-state index in [0.29, 0.717) is 13.2 Å². The second-order valence-corrected chi connectivity index (χ2v) is 5.65. The SMILES string of the molecule is COc1ccc(OC[C@@H](O)CN2CCC[C@H](C)C2)cc1. The van der Waals surface area contributed by atoms with Crippen LogP contribution in [0.5, 0.6) is 11.5 Å². The predicted molar refractivity (Wildman–Crippen MR) is 79.3 cm³/mol. The number of ether oxygens (including phenoxy) is 2. The van der Waals surface area contributed by atoms with E-state index >= 15 is 0 Å². The zero-order valence-corrected chi connectivity index (χ0v) is 12.4. The molecule has 1 N–H and O–H groups in total. The van der Waals surface area contributed by atoms with Gasteiger partial charge in [0, 0.05) is 13.1 Å². The second-order valence-electron chi connectivity index (χ2n) is 5.65. The number of aliphatic hydroxyl groups is 1. The minimum Gasteiger partial charge on any atom is -0.497 e. The van der Waals surface area contributed by atoms with E-state index in [4.69, 9.17) is 9.47 Å². The maximum atomic E-state index is 10.1. The minimum atomic E-state index is -0.442. The Balaban J connectivity index is 1.72. The molecule has 1 heterocycles. The van der Waals surface area contributed by atoms with E-state index in [9.17, 15) is 5.11 Å². The number of hydrogen-bond donors (Lipinski definition) is 1. The van der Waals surface area contributed by atoms with Crippen LogP contribution in [0.4, 0.5) is 0 Å². The highest BCUT2D eigenvalue weighted by Gasteiger charge is 2.19. The Morgan fingerprint density at radius 1 is 1.30 bits per heavy atom. The van der Waals surface area contributed by atoms with Crippen molar-refractivity contribution in [3.05, 3.63) is 24.3 Å². The lowest BCUT2D eigenvalue weighted by molar-refractivity contribution is 0.0537. The topological polar surface area (TPSA) is 41.9 Å². The average molecular weight is 279 g/mol. The quantitative estimate of drug-likeness (QED) is 0.866. The second kappa shape index (κ2) is 7.50. The van der Waals surface area contributed by atoms with Gasteiger partial charge in [0.25, 0.3) is 0 Å². The summed E-state index contributed by atoms with van der Waals surface area (Å²) in [7, 11) is 1.64. The smallest absolute Gasteiger partial charge is 0.119 e. The summed E-state index contributed by atoms with van der Waals surface area (Å²) in [6.45, 7) is 5.47. The van der Waals surface area contributed by atoms with Crippen molar-refractivity contribution in [2.24, 2.45) is 5.92 Å². The van der Waals surface area contributed by atoms with Crippen LogP contribution < -0.4 is 9.47 Å². The van der Waals surface area contributed by atoms with Gasteiger partial charge in [-0.2, -0.15) is 0 Å². The molecule has 0 spiro atoms. The molecule has 1 fully saturated rings. The Morgan fingerprint density at radius 2 is 2.00 bits per heavy atom. The lowest BCUT2D eigenvalue weighted by atomic mass is 10.0. The summed E-state index contributed by atoms with van der Waals surface area (Å²) in [6.07, 6.45) is 2.09. The first kappa shape index (κ1) is 15.1. The first-order valence-corrected chi connectivity index (χ1v) is 7.34. The molecule has 4 nitrogen and oxygen atoms in total. The average Bonchev–Trinajstić information content (AvgIpc) is 2.46. The van der Waals surface area contributed by atoms with Gasteiger partial charge in [-0.25, -0.2) is 0 Å². The molecule has 0 unspecified atom stereocenters. The Kier molecular flexibility index (Phi) is 5.68. The van der Waals surface area contributed by atoms with Gasteiger partial charge in [-0.1, -0.05) is 6.92 Å². The summed E-state index contributed by atoms with van der Waals surface area (Å²) in [5, 5.41) is 10.1. The van der Waals surface area contributed by atoms with Crippen LogP contribution in [0.3, 0.4) is 0 Å². The Bertz CT molecular complexity index is 393. The van der Waals surface area contributed by atoms with Gasteiger partial charge in [0.2, 0.25) is 0 Å². The minimum absolute atomic E-state index is 0.331. The molecule has 1 aliphatic rings. The van der Waals surface area contributed by atoms with Gasteiger partial charge >= 0.3 is 0 Å². The molecular formula is C16H25NO3. The van der Waals surface area contributed by atoms with Crippen LogP contribution in [0.25, 0.3) is 0 Å². The number of β-amino-alcohol motifs (C(OH)–C–C–N with tert-alkyl or cyclic N) is 1. The number of hydrogen-bond acceptors (Lipinski definition) is 4. The number of nitrogens with zero attached hydrogens (tertiary/aromatic N) is 1. The van der Waals surface area contributed by atoms with Crippen LogP contribution in [-0.4, -0.2) is 49.5 Å². The predicted octanol–water partition coefficient (Wildman–Crippen LogP) is 2.17. The van der Waals surface area contributed by atoms with Crippen LogP contribution in [0.15, 0.2) is 24.3 Å². The molecule has 0 radical (unpaired) electrons. The number of aliphatic hydroxyl groups excluding tert-OH is 1. The van der Waals surface area contributed by atoms with Crippen molar-refractivity contribution in [3.8, 4) is 11.5 Å².